The molecule has 0 saturated heterocycles. The summed E-state index contributed by atoms with van der Waals surface area (Å²) in [4.78, 5) is 9.29. The SMILES string of the molecule is CCNc1cc(C(C)(C)C)nc(CCC(C)C)n1. The largest absolute Gasteiger partial charge is 0.370 e. The molecule has 0 aromatic carbocycles. The first-order chi connectivity index (χ1) is 8.32. The average Bonchev–Trinajstić information content (AvgIpc) is 2.25. The van der Waals surface area contributed by atoms with Crippen molar-refractivity contribution in [1.29, 1.82) is 0 Å². The van der Waals surface area contributed by atoms with Crippen LogP contribution in [0, 0.1) is 5.92 Å². The Bertz CT molecular complexity index is 378. The first-order valence-electron chi connectivity index (χ1n) is 6.95. The molecule has 0 amide bonds. The third-order valence-corrected chi connectivity index (χ3v) is 2.84. The lowest BCUT2D eigenvalue weighted by Crippen LogP contribution is -2.17. The molecule has 0 saturated carbocycles. The predicted octanol–water partition coefficient (Wildman–Crippen LogP) is 3.79. The third-order valence-electron chi connectivity index (χ3n) is 2.84. The van der Waals surface area contributed by atoms with Crippen LogP contribution < -0.4 is 5.32 Å². The molecule has 1 heterocycles. The first kappa shape index (κ1) is 14.9. The molecule has 0 aliphatic carbocycles. The maximum absolute atomic E-state index is 4.71. The number of anilines is 1. The highest BCUT2D eigenvalue weighted by Crippen LogP contribution is 2.22. The molecule has 1 rings (SSSR count). The van der Waals surface area contributed by atoms with E-state index in [2.05, 4.69) is 57.9 Å². The van der Waals surface area contributed by atoms with E-state index >= 15 is 0 Å². The molecule has 1 aromatic heterocycles. The Labute approximate surface area is 111 Å². The number of nitrogens with zero attached hydrogens (tertiary/aromatic N) is 2. The molecule has 1 N–H and O–H groups in total. The van der Waals surface area contributed by atoms with Crippen LogP contribution in [0.2, 0.25) is 0 Å². The Hall–Kier alpha value is -1.12. The van der Waals surface area contributed by atoms with Gasteiger partial charge in [-0.1, -0.05) is 34.6 Å². The standard InChI is InChI=1S/C15H27N3/c1-7-16-14-10-12(15(4,5)6)17-13(18-14)9-8-11(2)3/h10-11H,7-9H2,1-6H3,(H,16,17,18). The molecule has 0 unspecified atom stereocenters. The molecule has 0 radical (unpaired) electrons. The van der Waals surface area contributed by atoms with Crippen LogP contribution in [0.25, 0.3) is 0 Å². The zero-order valence-corrected chi connectivity index (χ0v) is 12.7. The van der Waals surface area contributed by atoms with Gasteiger partial charge in [-0.25, -0.2) is 9.97 Å². The maximum Gasteiger partial charge on any atom is 0.131 e. The molecule has 102 valence electrons. The summed E-state index contributed by atoms with van der Waals surface area (Å²) in [5.74, 6) is 2.61. The number of hydrogen-bond donors (Lipinski definition) is 1. The number of rotatable bonds is 5. The molecule has 18 heavy (non-hydrogen) atoms. The van der Waals surface area contributed by atoms with E-state index < -0.39 is 0 Å². The molecular formula is C15H27N3. The predicted molar refractivity (Wildman–Crippen MR) is 78.1 cm³/mol. The molecule has 1 aromatic rings. The fraction of sp³-hybridized carbons (Fsp3) is 0.733. The number of aryl methyl sites for hydroxylation is 1. The van der Waals surface area contributed by atoms with Crippen molar-refractivity contribution in [3.63, 3.8) is 0 Å². The van der Waals surface area contributed by atoms with Crippen molar-refractivity contribution in [2.75, 3.05) is 11.9 Å². The van der Waals surface area contributed by atoms with Crippen LogP contribution in [0.3, 0.4) is 0 Å². The van der Waals surface area contributed by atoms with Gasteiger partial charge in [-0.05, 0) is 19.3 Å². The van der Waals surface area contributed by atoms with Crippen molar-refractivity contribution in [3.05, 3.63) is 17.6 Å². The molecule has 0 bridgehead atoms. The van der Waals surface area contributed by atoms with E-state index in [0.717, 1.165) is 36.7 Å². The summed E-state index contributed by atoms with van der Waals surface area (Å²) in [6.45, 7) is 14.0. The van der Waals surface area contributed by atoms with Crippen molar-refractivity contribution < 1.29 is 0 Å². The Morgan fingerprint density at radius 2 is 1.89 bits per heavy atom. The van der Waals surface area contributed by atoms with Gasteiger partial charge in [0.1, 0.15) is 11.6 Å². The molecule has 0 aliphatic rings. The summed E-state index contributed by atoms with van der Waals surface area (Å²) in [5, 5.41) is 3.30. The Morgan fingerprint density at radius 1 is 1.22 bits per heavy atom. The van der Waals surface area contributed by atoms with Gasteiger partial charge in [0.2, 0.25) is 0 Å². The van der Waals surface area contributed by atoms with Gasteiger partial charge in [0.25, 0.3) is 0 Å². The fourth-order valence-electron chi connectivity index (χ4n) is 1.68. The number of aromatic nitrogens is 2. The fourth-order valence-corrected chi connectivity index (χ4v) is 1.68. The minimum Gasteiger partial charge on any atom is -0.370 e. The van der Waals surface area contributed by atoms with E-state index in [1.807, 2.05) is 0 Å². The van der Waals surface area contributed by atoms with Crippen LogP contribution in [0.4, 0.5) is 5.82 Å². The molecular weight excluding hydrogens is 222 g/mol. The van der Waals surface area contributed by atoms with Gasteiger partial charge < -0.3 is 5.32 Å². The molecule has 0 aliphatic heterocycles. The molecule has 3 heteroatoms. The highest BCUT2D eigenvalue weighted by Gasteiger charge is 2.17. The van der Waals surface area contributed by atoms with Crippen molar-refractivity contribution in [1.82, 2.24) is 9.97 Å². The quantitative estimate of drug-likeness (QED) is 0.862. The molecule has 3 nitrogen and oxygen atoms in total. The third kappa shape index (κ3) is 4.63. The Kier molecular flexibility index (Phi) is 5.12. The smallest absolute Gasteiger partial charge is 0.131 e. The van der Waals surface area contributed by atoms with Crippen molar-refractivity contribution >= 4 is 5.82 Å². The van der Waals surface area contributed by atoms with E-state index in [1.54, 1.807) is 0 Å². The zero-order valence-electron chi connectivity index (χ0n) is 12.7. The van der Waals surface area contributed by atoms with Crippen molar-refractivity contribution in [3.8, 4) is 0 Å². The summed E-state index contributed by atoms with van der Waals surface area (Å²) in [6.07, 6.45) is 2.10. The van der Waals surface area contributed by atoms with E-state index in [9.17, 15) is 0 Å². The Balaban J connectivity index is 2.98. The summed E-state index contributed by atoms with van der Waals surface area (Å²) in [7, 11) is 0. The van der Waals surface area contributed by atoms with Gasteiger partial charge in [0, 0.05) is 24.4 Å². The van der Waals surface area contributed by atoms with Gasteiger partial charge in [-0.3, -0.25) is 0 Å². The lowest BCUT2D eigenvalue weighted by atomic mass is 9.91. The van der Waals surface area contributed by atoms with E-state index in [4.69, 9.17) is 4.98 Å². The van der Waals surface area contributed by atoms with Gasteiger partial charge >= 0.3 is 0 Å². The highest BCUT2D eigenvalue weighted by atomic mass is 15.0. The number of nitrogens with one attached hydrogen (secondary N) is 1. The zero-order chi connectivity index (χ0) is 13.8. The monoisotopic (exact) mass is 249 g/mol. The normalized spacial score (nSPS) is 11.9. The number of hydrogen-bond acceptors (Lipinski definition) is 3. The van der Waals surface area contributed by atoms with Gasteiger partial charge in [0.05, 0.1) is 5.69 Å². The van der Waals surface area contributed by atoms with Crippen molar-refractivity contribution in [2.45, 2.75) is 59.8 Å². The van der Waals surface area contributed by atoms with Crippen LogP contribution >= 0.6 is 0 Å². The summed E-state index contributed by atoms with van der Waals surface area (Å²) in [6, 6.07) is 2.07. The van der Waals surface area contributed by atoms with Gasteiger partial charge in [0.15, 0.2) is 0 Å². The average molecular weight is 249 g/mol. The second-order valence-corrected chi connectivity index (χ2v) is 6.27. The van der Waals surface area contributed by atoms with Crippen LogP contribution in [-0.2, 0) is 11.8 Å². The van der Waals surface area contributed by atoms with Crippen LogP contribution in [0.5, 0.6) is 0 Å². The molecule has 0 fully saturated rings. The first-order valence-corrected chi connectivity index (χ1v) is 6.95. The lowest BCUT2D eigenvalue weighted by molar-refractivity contribution is 0.546. The van der Waals surface area contributed by atoms with Gasteiger partial charge in [-0.15, -0.1) is 0 Å². The van der Waals surface area contributed by atoms with Crippen LogP contribution in [0.1, 0.15) is 59.5 Å². The van der Waals surface area contributed by atoms with E-state index in [0.29, 0.717) is 5.92 Å². The summed E-state index contributed by atoms with van der Waals surface area (Å²) >= 11 is 0. The van der Waals surface area contributed by atoms with Crippen LogP contribution in [0.15, 0.2) is 6.07 Å². The van der Waals surface area contributed by atoms with Crippen molar-refractivity contribution in [2.24, 2.45) is 5.92 Å². The second-order valence-electron chi connectivity index (χ2n) is 6.27. The maximum atomic E-state index is 4.71. The topological polar surface area (TPSA) is 37.8 Å². The Morgan fingerprint density at radius 3 is 2.39 bits per heavy atom. The molecule has 0 atom stereocenters. The minimum absolute atomic E-state index is 0.0691. The summed E-state index contributed by atoms with van der Waals surface area (Å²) in [5.41, 5.74) is 1.19. The van der Waals surface area contributed by atoms with E-state index in [1.165, 1.54) is 0 Å². The van der Waals surface area contributed by atoms with Gasteiger partial charge in [-0.2, -0.15) is 0 Å². The minimum atomic E-state index is 0.0691. The van der Waals surface area contributed by atoms with E-state index in [-0.39, 0.29) is 5.41 Å². The highest BCUT2D eigenvalue weighted by molar-refractivity contribution is 5.37. The van der Waals surface area contributed by atoms with Crippen LogP contribution in [-0.4, -0.2) is 16.5 Å². The lowest BCUT2D eigenvalue weighted by Gasteiger charge is -2.19. The molecule has 0 spiro atoms. The summed E-state index contributed by atoms with van der Waals surface area (Å²) < 4.78 is 0. The second kappa shape index (κ2) is 6.17.